The van der Waals surface area contributed by atoms with Crippen molar-refractivity contribution < 1.29 is 14.2 Å². The first kappa shape index (κ1) is 10.9. The molecule has 0 aliphatic rings. The van der Waals surface area contributed by atoms with E-state index in [4.69, 9.17) is 9.84 Å². The van der Waals surface area contributed by atoms with Crippen molar-refractivity contribution in [3.63, 3.8) is 0 Å². The Morgan fingerprint density at radius 1 is 1.12 bits per heavy atom. The molecule has 0 aromatic heterocycles. The maximum Gasteiger partial charge on any atom is 0.120 e. The molecule has 2 nitrogen and oxygen atoms in total. The van der Waals surface area contributed by atoms with Crippen LogP contribution in [0.4, 0.5) is 4.39 Å². The summed E-state index contributed by atoms with van der Waals surface area (Å²) in [5.74, 6) is 0.645. The van der Waals surface area contributed by atoms with Gasteiger partial charge in [-0.15, -0.1) is 0 Å². The van der Waals surface area contributed by atoms with E-state index in [1.165, 1.54) is 0 Å². The molecule has 0 fully saturated rings. The van der Waals surface area contributed by atoms with Crippen LogP contribution in [0.15, 0.2) is 42.5 Å². The van der Waals surface area contributed by atoms with Gasteiger partial charge in [0.2, 0.25) is 0 Å². The normalized spacial score (nSPS) is 12.6. The lowest BCUT2D eigenvalue weighted by molar-refractivity contribution is 0.0842. The molecule has 2 aromatic carbocycles. The molecule has 0 saturated carbocycles. The zero-order valence-corrected chi connectivity index (χ0v) is 8.77. The molecule has 0 aliphatic carbocycles. The number of fused-ring (bicyclic) bond motifs is 1. The molecular formula is C13H13FO2. The van der Waals surface area contributed by atoms with Gasteiger partial charge in [-0.1, -0.05) is 30.3 Å². The molecule has 2 rings (SSSR count). The topological polar surface area (TPSA) is 29.5 Å². The molecule has 3 heteroatoms. The third kappa shape index (κ3) is 2.49. The Labute approximate surface area is 93.3 Å². The predicted octanol–water partition coefficient (Wildman–Crippen LogP) is 2.55. The molecular weight excluding hydrogens is 206 g/mol. The van der Waals surface area contributed by atoms with Crippen LogP contribution in [0.5, 0.6) is 5.75 Å². The summed E-state index contributed by atoms with van der Waals surface area (Å²) < 4.78 is 17.3. The minimum atomic E-state index is -1.05. The molecule has 1 N–H and O–H groups in total. The molecule has 0 heterocycles. The summed E-state index contributed by atoms with van der Waals surface area (Å²) >= 11 is 0. The number of hydrogen-bond acceptors (Lipinski definition) is 2. The molecule has 0 radical (unpaired) electrons. The monoisotopic (exact) mass is 219 g/mol. The van der Waals surface area contributed by atoms with Crippen molar-refractivity contribution >= 4 is 10.8 Å². The van der Waals surface area contributed by atoms with E-state index in [1.54, 1.807) is 0 Å². The van der Waals surface area contributed by atoms with Gasteiger partial charge in [0.25, 0.3) is 0 Å². The summed E-state index contributed by atoms with van der Waals surface area (Å²) in [5.41, 5.74) is 0. The van der Waals surface area contributed by atoms with Gasteiger partial charge in [-0.2, -0.15) is 0 Å². The number of benzene rings is 2. The van der Waals surface area contributed by atoms with Crippen LogP contribution in [0.3, 0.4) is 0 Å². The van der Waals surface area contributed by atoms with E-state index in [0.717, 1.165) is 10.8 Å². The summed E-state index contributed by atoms with van der Waals surface area (Å²) in [6, 6.07) is 13.5. The van der Waals surface area contributed by atoms with E-state index in [9.17, 15) is 4.39 Å². The number of aliphatic hydroxyl groups excluding tert-OH is 1. The quantitative estimate of drug-likeness (QED) is 0.856. The molecule has 16 heavy (non-hydrogen) atoms. The van der Waals surface area contributed by atoms with E-state index >= 15 is 0 Å². The summed E-state index contributed by atoms with van der Waals surface area (Å²) in [6.07, 6.45) is -1.05. The van der Waals surface area contributed by atoms with Gasteiger partial charge in [0, 0.05) is 0 Å². The Morgan fingerprint density at radius 2 is 1.88 bits per heavy atom. The lowest BCUT2D eigenvalue weighted by Crippen LogP contribution is -2.19. The third-order valence-electron chi connectivity index (χ3n) is 2.34. The highest BCUT2D eigenvalue weighted by molar-refractivity contribution is 5.83. The number of alkyl halides is 1. The van der Waals surface area contributed by atoms with Crippen molar-refractivity contribution in [1.82, 2.24) is 0 Å². The molecule has 0 spiro atoms. The van der Waals surface area contributed by atoms with Gasteiger partial charge in [-0.25, -0.2) is 4.39 Å². The van der Waals surface area contributed by atoms with E-state index in [0.29, 0.717) is 5.75 Å². The number of rotatable bonds is 4. The minimum absolute atomic E-state index is 0.0190. The zero-order chi connectivity index (χ0) is 11.4. The number of ether oxygens (including phenoxy) is 1. The SMILES string of the molecule is O[C@H](C[18F])COc1ccc2ccccc2c1. The minimum Gasteiger partial charge on any atom is -0.491 e. The second-order valence-electron chi connectivity index (χ2n) is 3.63. The molecule has 0 unspecified atom stereocenters. The Morgan fingerprint density at radius 3 is 2.62 bits per heavy atom. The highest BCUT2D eigenvalue weighted by atomic mass is 18.2. The van der Waals surface area contributed by atoms with Gasteiger partial charge in [0.15, 0.2) is 0 Å². The van der Waals surface area contributed by atoms with Crippen molar-refractivity contribution in [2.45, 2.75) is 6.10 Å². The van der Waals surface area contributed by atoms with E-state index in [1.807, 2.05) is 42.5 Å². The first-order valence-electron chi connectivity index (χ1n) is 5.15. The van der Waals surface area contributed by atoms with Crippen molar-refractivity contribution in [1.29, 1.82) is 0 Å². The molecule has 84 valence electrons. The van der Waals surface area contributed by atoms with Gasteiger partial charge >= 0.3 is 0 Å². The van der Waals surface area contributed by atoms with Crippen molar-refractivity contribution in [2.75, 3.05) is 13.3 Å². The lowest BCUT2D eigenvalue weighted by Gasteiger charge is -2.09. The van der Waals surface area contributed by atoms with E-state index < -0.39 is 12.8 Å². The third-order valence-corrected chi connectivity index (χ3v) is 2.34. The predicted molar refractivity (Wildman–Crippen MR) is 61.4 cm³/mol. The fraction of sp³-hybridized carbons (Fsp3) is 0.231. The van der Waals surface area contributed by atoms with Gasteiger partial charge < -0.3 is 9.84 Å². The Bertz CT molecular complexity index is 470. The largest absolute Gasteiger partial charge is 0.491 e. The fourth-order valence-corrected chi connectivity index (χ4v) is 1.49. The van der Waals surface area contributed by atoms with E-state index in [-0.39, 0.29) is 6.61 Å². The Kier molecular flexibility index (Phi) is 3.37. The van der Waals surface area contributed by atoms with Gasteiger partial charge in [0.05, 0.1) is 0 Å². The van der Waals surface area contributed by atoms with Crippen LogP contribution < -0.4 is 4.74 Å². The van der Waals surface area contributed by atoms with Gasteiger partial charge in [-0.3, -0.25) is 0 Å². The number of hydrogen-bond donors (Lipinski definition) is 1. The fourth-order valence-electron chi connectivity index (χ4n) is 1.49. The Balaban J connectivity index is 2.13. The van der Waals surface area contributed by atoms with E-state index in [2.05, 4.69) is 0 Å². The molecule has 0 aliphatic heterocycles. The number of aliphatic hydroxyl groups is 1. The summed E-state index contributed by atoms with van der Waals surface area (Å²) in [6.45, 7) is -0.803. The number of halogens is 1. The first-order valence-corrected chi connectivity index (χ1v) is 5.15. The maximum absolute atomic E-state index is 12.0. The lowest BCUT2D eigenvalue weighted by atomic mass is 10.1. The molecule has 1 atom stereocenters. The summed E-state index contributed by atoms with van der Waals surface area (Å²) in [7, 11) is 0. The smallest absolute Gasteiger partial charge is 0.120 e. The maximum atomic E-state index is 12.0. The van der Waals surface area contributed by atoms with Crippen molar-refractivity contribution in [2.24, 2.45) is 0 Å². The van der Waals surface area contributed by atoms with Gasteiger partial charge in [0.1, 0.15) is 25.1 Å². The zero-order valence-electron chi connectivity index (χ0n) is 8.77. The van der Waals surface area contributed by atoms with Crippen LogP contribution in [0.2, 0.25) is 0 Å². The second kappa shape index (κ2) is 4.94. The van der Waals surface area contributed by atoms with Crippen LogP contribution in [-0.4, -0.2) is 24.5 Å². The highest BCUT2D eigenvalue weighted by Crippen LogP contribution is 2.20. The van der Waals surface area contributed by atoms with Crippen molar-refractivity contribution in [3.05, 3.63) is 42.5 Å². The van der Waals surface area contributed by atoms with Crippen LogP contribution in [0.25, 0.3) is 10.8 Å². The van der Waals surface area contributed by atoms with Crippen LogP contribution >= 0.6 is 0 Å². The van der Waals surface area contributed by atoms with Crippen LogP contribution in [0.1, 0.15) is 0 Å². The van der Waals surface area contributed by atoms with Crippen molar-refractivity contribution in [3.8, 4) is 5.75 Å². The average Bonchev–Trinajstić information content (AvgIpc) is 2.35. The standard InChI is InChI=1S/C13H13FO2/c14-8-12(15)9-16-13-6-5-10-3-1-2-4-11(10)7-13/h1-7,12,15H,8-9H2/t12-/m1/s1/i14-1. The second-order valence-corrected chi connectivity index (χ2v) is 3.63. The average molecular weight is 219 g/mol. The molecule has 2 aromatic rings. The molecule has 0 bridgehead atoms. The van der Waals surface area contributed by atoms with Gasteiger partial charge in [-0.05, 0) is 22.9 Å². The molecule has 0 saturated heterocycles. The summed E-state index contributed by atoms with van der Waals surface area (Å²) in [5, 5.41) is 11.2. The summed E-state index contributed by atoms with van der Waals surface area (Å²) in [4.78, 5) is 0. The van der Waals surface area contributed by atoms with Crippen LogP contribution in [-0.2, 0) is 0 Å². The molecule has 0 amide bonds. The first-order chi connectivity index (χ1) is 7.79. The Hall–Kier alpha value is -1.61. The van der Waals surface area contributed by atoms with Crippen LogP contribution in [0, 0.1) is 0 Å². The highest BCUT2D eigenvalue weighted by Gasteiger charge is 2.04.